The number of aliphatic hydroxyl groups is 1. The second kappa shape index (κ2) is 4.66. The van der Waals surface area contributed by atoms with Crippen molar-refractivity contribution in [2.24, 2.45) is 11.0 Å². The van der Waals surface area contributed by atoms with Gasteiger partial charge in [-0.2, -0.15) is 23.3 Å². The molecule has 0 aromatic carbocycles. The van der Waals surface area contributed by atoms with Crippen LogP contribution in [-0.4, -0.2) is 40.4 Å². The number of carbonyl (C=O) groups excluding carboxylic acids is 1. The fraction of sp³-hybridized carbons (Fsp3) is 0.818. The summed E-state index contributed by atoms with van der Waals surface area (Å²) in [5.41, 5.74) is -3.06. The lowest BCUT2D eigenvalue weighted by molar-refractivity contribution is -0.315. The Morgan fingerprint density at radius 2 is 2.26 bits per heavy atom. The monoisotopic (exact) mass is 280 g/mol. The Kier molecular flexibility index (Phi) is 3.46. The molecule has 2 atom stereocenters. The average molecular weight is 280 g/mol. The zero-order chi connectivity index (χ0) is 14.3. The van der Waals surface area contributed by atoms with Crippen molar-refractivity contribution in [3.05, 3.63) is 0 Å². The zero-order valence-electron chi connectivity index (χ0n) is 10.4. The number of amides is 1. The molecule has 1 saturated carbocycles. The minimum Gasteiger partial charge on any atom is -0.448 e. The summed E-state index contributed by atoms with van der Waals surface area (Å²) in [4.78, 5) is 11.6. The van der Waals surface area contributed by atoms with Gasteiger partial charge in [-0.1, -0.05) is 6.42 Å². The third-order valence-electron chi connectivity index (χ3n) is 3.47. The molecule has 5 nitrogen and oxygen atoms in total. The van der Waals surface area contributed by atoms with Crippen LogP contribution in [0.3, 0.4) is 0 Å². The van der Waals surface area contributed by atoms with Gasteiger partial charge in [0.1, 0.15) is 0 Å². The quantitative estimate of drug-likeness (QED) is 0.801. The number of hydrazone groups is 1. The van der Waals surface area contributed by atoms with Crippen molar-refractivity contribution in [1.82, 2.24) is 5.01 Å². The molecular formula is C11H15F3N2O3. The van der Waals surface area contributed by atoms with Crippen LogP contribution < -0.4 is 0 Å². The van der Waals surface area contributed by atoms with Crippen LogP contribution >= 0.6 is 0 Å². The minimum atomic E-state index is -4.98. The largest absolute Gasteiger partial charge is 0.448 e. The van der Waals surface area contributed by atoms with Gasteiger partial charge in [0.15, 0.2) is 0 Å². The van der Waals surface area contributed by atoms with Crippen LogP contribution in [0.25, 0.3) is 0 Å². The lowest BCUT2D eigenvalue weighted by atomic mass is 9.80. The van der Waals surface area contributed by atoms with Gasteiger partial charge in [0, 0.05) is 5.71 Å². The number of rotatable bonds is 1. The van der Waals surface area contributed by atoms with E-state index in [-0.39, 0.29) is 23.7 Å². The smallest absolute Gasteiger partial charge is 0.439 e. The summed E-state index contributed by atoms with van der Waals surface area (Å²) in [6.07, 6.45) is -4.46. The predicted molar refractivity (Wildman–Crippen MR) is 59.3 cm³/mol. The van der Waals surface area contributed by atoms with Crippen LogP contribution in [0, 0.1) is 5.92 Å². The Bertz CT molecular complexity index is 410. The Labute approximate surface area is 108 Å². The zero-order valence-corrected chi connectivity index (χ0v) is 10.4. The Morgan fingerprint density at radius 1 is 1.58 bits per heavy atom. The highest BCUT2D eigenvalue weighted by atomic mass is 19.4. The number of hydrogen-bond acceptors (Lipinski definition) is 4. The van der Waals surface area contributed by atoms with E-state index in [1.807, 2.05) is 0 Å². The molecule has 1 aliphatic carbocycles. The number of fused-ring (bicyclic) bond motifs is 1. The molecule has 8 heteroatoms. The maximum atomic E-state index is 13.2. The molecule has 1 fully saturated rings. The number of alkyl halides is 3. The van der Waals surface area contributed by atoms with Gasteiger partial charge in [-0.25, -0.2) is 4.79 Å². The van der Waals surface area contributed by atoms with E-state index in [1.165, 1.54) is 6.92 Å². The van der Waals surface area contributed by atoms with E-state index in [1.54, 1.807) is 0 Å². The maximum Gasteiger partial charge on any atom is 0.439 e. The molecule has 108 valence electrons. The maximum absolute atomic E-state index is 13.2. The second-order valence-corrected chi connectivity index (χ2v) is 4.62. The van der Waals surface area contributed by atoms with Gasteiger partial charge in [-0.3, -0.25) is 0 Å². The van der Waals surface area contributed by atoms with E-state index in [2.05, 4.69) is 9.84 Å². The molecule has 1 heterocycles. The number of nitrogens with zero attached hydrogens (tertiary/aromatic N) is 2. The summed E-state index contributed by atoms with van der Waals surface area (Å²) in [7, 11) is 0. The molecule has 0 unspecified atom stereocenters. The standard InChI is InChI=1S/C11H15F3N2O3/c1-2-19-9(17)16-10(18,11(12,13)14)7-5-3-4-6-8(7)15-16/h7,18H,2-6H2,1H3/t7-,10-/m0/s1. The van der Waals surface area contributed by atoms with E-state index in [0.29, 0.717) is 19.3 Å². The third kappa shape index (κ3) is 2.07. The summed E-state index contributed by atoms with van der Waals surface area (Å²) in [5.74, 6) is -1.19. The number of ether oxygens (including phenoxy) is 1. The first-order valence-electron chi connectivity index (χ1n) is 6.15. The van der Waals surface area contributed by atoms with Crippen molar-refractivity contribution in [3.63, 3.8) is 0 Å². The molecule has 0 saturated heterocycles. The average Bonchev–Trinajstić information content (AvgIpc) is 2.65. The van der Waals surface area contributed by atoms with E-state index < -0.39 is 23.9 Å². The SMILES string of the molecule is CCOC(=O)N1N=C2CCCC[C@@H]2[C@]1(O)C(F)(F)F. The summed E-state index contributed by atoms with van der Waals surface area (Å²) < 4.78 is 44.1. The lowest BCUT2D eigenvalue weighted by Crippen LogP contribution is -2.61. The highest BCUT2D eigenvalue weighted by Crippen LogP contribution is 2.48. The summed E-state index contributed by atoms with van der Waals surface area (Å²) in [6, 6.07) is 0. The molecule has 0 bridgehead atoms. The Balaban J connectivity index is 2.39. The van der Waals surface area contributed by atoms with Gasteiger partial charge in [-0.05, 0) is 26.2 Å². The molecule has 0 aromatic rings. The van der Waals surface area contributed by atoms with Gasteiger partial charge in [-0.15, -0.1) is 0 Å². The minimum absolute atomic E-state index is 0.0574. The summed E-state index contributed by atoms with van der Waals surface area (Å²) in [5, 5.41) is 13.8. The fourth-order valence-corrected chi connectivity index (χ4v) is 2.58. The van der Waals surface area contributed by atoms with Gasteiger partial charge >= 0.3 is 12.3 Å². The van der Waals surface area contributed by atoms with Crippen LogP contribution in [0.5, 0.6) is 0 Å². The van der Waals surface area contributed by atoms with Gasteiger partial charge in [0.05, 0.1) is 12.5 Å². The molecule has 2 rings (SSSR count). The van der Waals surface area contributed by atoms with Crippen LogP contribution in [0.1, 0.15) is 32.6 Å². The topological polar surface area (TPSA) is 62.1 Å². The molecular weight excluding hydrogens is 265 g/mol. The van der Waals surface area contributed by atoms with E-state index in [4.69, 9.17) is 0 Å². The predicted octanol–water partition coefficient (Wildman–Crippen LogP) is 2.26. The van der Waals surface area contributed by atoms with Crippen molar-refractivity contribution < 1.29 is 27.8 Å². The number of hydrogen-bond donors (Lipinski definition) is 1. The summed E-state index contributed by atoms with van der Waals surface area (Å²) >= 11 is 0. The van der Waals surface area contributed by atoms with Crippen molar-refractivity contribution in [1.29, 1.82) is 0 Å². The van der Waals surface area contributed by atoms with Gasteiger partial charge < -0.3 is 9.84 Å². The van der Waals surface area contributed by atoms with Crippen LogP contribution in [-0.2, 0) is 4.74 Å². The first-order chi connectivity index (χ1) is 8.82. The van der Waals surface area contributed by atoms with Crippen LogP contribution in [0.2, 0.25) is 0 Å². The van der Waals surface area contributed by atoms with Gasteiger partial charge in [0.25, 0.3) is 5.72 Å². The first-order valence-corrected chi connectivity index (χ1v) is 6.15. The van der Waals surface area contributed by atoms with E-state index in [0.717, 1.165) is 0 Å². The lowest BCUT2D eigenvalue weighted by Gasteiger charge is -2.37. The van der Waals surface area contributed by atoms with E-state index in [9.17, 15) is 23.1 Å². The molecule has 0 spiro atoms. The van der Waals surface area contributed by atoms with Crippen molar-refractivity contribution in [2.45, 2.75) is 44.5 Å². The van der Waals surface area contributed by atoms with Gasteiger partial charge in [0.2, 0.25) is 0 Å². The molecule has 1 aliphatic heterocycles. The second-order valence-electron chi connectivity index (χ2n) is 4.62. The Hall–Kier alpha value is -1.31. The number of carbonyl (C=O) groups is 1. The Morgan fingerprint density at radius 3 is 2.84 bits per heavy atom. The van der Waals surface area contributed by atoms with E-state index >= 15 is 0 Å². The summed E-state index contributed by atoms with van der Waals surface area (Å²) in [6.45, 7) is 1.39. The molecule has 1 amide bonds. The number of halogens is 3. The third-order valence-corrected chi connectivity index (χ3v) is 3.47. The fourth-order valence-electron chi connectivity index (χ4n) is 2.58. The van der Waals surface area contributed by atoms with Crippen molar-refractivity contribution in [2.75, 3.05) is 6.61 Å². The molecule has 1 N–H and O–H groups in total. The first kappa shape index (κ1) is 14.1. The highest BCUT2D eigenvalue weighted by molar-refractivity contribution is 5.92. The van der Waals surface area contributed by atoms with Crippen molar-refractivity contribution >= 4 is 11.8 Å². The molecule has 0 radical (unpaired) electrons. The highest BCUT2D eigenvalue weighted by Gasteiger charge is 2.68. The van der Waals surface area contributed by atoms with Crippen LogP contribution in [0.15, 0.2) is 5.10 Å². The van der Waals surface area contributed by atoms with Crippen LogP contribution in [0.4, 0.5) is 18.0 Å². The van der Waals surface area contributed by atoms with Crippen molar-refractivity contribution in [3.8, 4) is 0 Å². The molecule has 2 aliphatic rings. The molecule has 0 aromatic heterocycles. The normalized spacial score (nSPS) is 30.9. The molecule has 19 heavy (non-hydrogen) atoms.